The number of hydrogen-bond donors (Lipinski definition) is 2. The molecular formula is C28H41F3N2O. The highest BCUT2D eigenvalue weighted by atomic mass is 19.4. The van der Waals surface area contributed by atoms with Gasteiger partial charge in [0.15, 0.2) is 0 Å². The van der Waals surface area contributed by atoms with Gasteiger partial charge in [0, 0.05) is 17.3 Å². The molecular weight excluding hydrogens is 437 g/mol. The third-order valence-electron chi connectivity index (χ3n) is 5.41. The minimum absolute atomic E-state index is 0.284. The second-order valence-electron chi connectivity index (χ2n) is 9.11. The van der Waals surface area contributed by atoms with Gasteiger partial charge >= 0.3 is 6.18 Å². The van der Waals surface area contributed by atoms with E-state index in [-0.39, 0.29) is 5.56 Å². The Kier molecular flexibility index (Phi) is 12.8. The van der Waals surface area contributed by atoms with Crippen molar-refractivity contribution >= 4 is 5.71 Å². The van der Waals surface area contributed by atoms with E-state index in [1.807, 2.05) is 45.1 Å². The average Bonchev–Trinajstić information content (AvgIpc) is 2.74. The van der Waals surface area contributed by atoms with E-state index in [0.29, 0.717) is 24.2 Å². The Balaban J connectivity index is 3.20. The number of hydrogen-bond acceptors (Lipinski definition) is 3. The van der Waals surface area contributed by atoms with Crippen LogP contribution in [0.5, 0.6) is 5.75 Å². The van der Waals surface area contributed by atoms with Crippen molar-refractivity contribution in [1.82, 2.24) is 5.32 Å². The summed E-state index contributed by atoms with van der Waals surface area (Å²) in [5.41, 5.74) is 1.66. The maximum Gasteiger partial charge on any atom is 0.416 e. The molecule has 0 bridgehead atoms. The molecule has 0 heterocycles. The third kappa shape index (κ3) is 10.6. The first-order valence-electron chi connectivity index (χ1n) is 12.2. The molecule has 0 saturated carbocycles. The molecule has 0 radical (unpaired) electrons. The predicted octanol–water partition coefficient (Wildman–Crippen LogP) is 8.21. The van der Waals surface area contributed by atoms with Gasteiger partial charge in [-0.25, -0.2) is 0 Å². The molecule has 6 heteroatoms. The van der Waals surface area contributed by atoms with Gasteiger partial charge in [-0.1, -0.05) is 58.8 Å². The Bertz CT molecular complexity index is 880. The topological polar surface area (TPSA) is 44.6 Å². The van der Waals surface area contributed by atoms with E-state index in [1.54, 1.807) is 0 Å². The summed E-state index contributed by atoms with van der Waals surface area (Å²) >= 11 is 0. The van der Waals surface area contributed by atoms with Crippen LogP contribution in [-0.4, -0.2) is 23.4 Å². The van der Waals surface area contributed by atoms with Gasteiger partial charge in [-0.3, -0.25) is 4.99 Å². The van der Waals surface area contributed by atoms with Crippen molar-refractivity contribution in [2.45, 2.75) is 85.9 Å². The van der Waals surface area contributed by atoms with E-state index >= 15 is 0 Å². The number of unbranched alkanes of at least 4 members (excludes halogenated alkanes) is 1. The fourth-order valence-electron chi connectivity index (χ4n) is 3.68. The van der Waals surface area contributed by atoms with Gasteiger partial charge in [0.1, 0.15) is 5.75 Å². The lowest BCUT2D eigenvalue weighted by Gasteiger charge is -2.22. The number of aliphatic imine (C=N–C) groups is 1. The van der Waals surface area contributed by atoms with Crippen LogP contribution >= 0.6 is 0 Å². The van der Waals surface area contributed by atoms with E-state index in [1.165, 1.54) is 12.5 Å². The van der Waals surface area contributed by atoms with Crippen LogP contribution in [0, 0.1) is 5.92 Å². The Morgan fingerprint density at radius 1 is 1.18 bits per heavy atom. The summed E-state index contributed by atoms with van der Waals surface area (Å²) < 4.78 is 39.1. The van der Waals surface area contributed by atoms with Crippen LogP contribution in [0.4, 0.5) is 13.2 Å². The lowest BCUT2D eigenvalue weighted by Crippen LogP contribution is -2.29. The average molecular weight is 479 g/mol. The number of halogens is 3. The third-order valence-corrected chi connectivity index (χ3v) is 5.41. The normalized spacial score (nSPS) is 14.8. The summed E-state index contributed by atoms with van der Waals surface area (Å²) in [7, 11) is 0. The molecule has 34 heavy (non-hydrogen) atoms. The van der Waals surface area contributed by atoms with E-state index in [4.69, 9.17) is 0 Å². The van der Waals surface area contributed by atoms with Crippen molar-refractivity contribution in [3.63, 3.8) is 0 Å². The Morgan fingerprint density at radius 2 is 1.88 bits per heavy atom. The van der Waals surface area contributed by atoms with Crippen LogP contribution < -0.4 is 5.32 Å². The molecule has 2 N–H and O–H groups in total. The van der Waals surface area contributed by atoms with Crippen molar-refractivity contribution < 1.29 is 18.3 Å². The van der Waals surface area contributed by atoms with Crippen molar-refractivity contribution in [3.8, 4) is 5.75 Å². The molecule has 0 aliphatic heterocycles. The minimum atomic E-state index is -4.52. The quantitative estimate of drug-likeness (QED) is 0.222. The number of phenolic OH excluding ortho intramolecular Hbond substituents is 1. The van der Waals surface area contributed by atoms with E-state index < -0.39 is 17.5 Å². The summed E-state index contributed by atoms with van der Waals surface area (Å²) in [6.45, 7) is 12.8. The standard InChI is InChI=1S/C28H41F3N2O/c1-7-9-11-12-21(5)27(25-15-14-23(19-26(25)34)28(29,30)31)32-17-16-22(6)33-24(13-10-8-2)18-20(3)4/h9,11-12,14-16,19-20,24,33-34H,7-8,10,13,17-18H2,1-6H3/b11-9-,21-12+,22-16+,32-27?. The van der Waals surface area contributed by atoms with Crippen molar-refractivity contribution in [2.75, 3.05) is 6.54 Å². The monoisotopic (exact) mass is 478 g/mol. The molecule has 1 aromatic rings. The number of rotatable bonds is 13. The Hall–Kier alpha value is -2.50. The predicted molar refractivity (Wildman–Crippen MR) is 137 cm³/mol. The number of alkyl halides is 3. The molecule has 0 aromatic heterocycles. The van der Waals surface area contributed by atoms with Crippen LogP contribution in [0.3, 0.4) is 0 Å². The summed E-state index contributed by atoms with van der Waals surface area (Å²) in [5.74, 6) is 0.162. The fraction of sp³-hybridized carbons (Fsp3) is 0.536. The molecule has 0 aliphatic carbocycles. The smallest absolute Gasteiger partial charge is 0.416 e. The number of nitrogens with zero attached hydrogens (tertiary/aromatic N) is 1. The highest BCUT2D eigenvalue weighted by Gasteiger charge is 2.31. The van der Waals surface area contributed by atoms with Gasteiger partial charge in [0.05, 0.1) is 17.8 Å². The molecule has 0 fully saturated rings. The number of allylic oxidation sites excluding steroid dienone is 5. The van der Waals surface area contributed by atoms with Gasteiger partial charge in [-0.15, -0.1) is 0 Å². The first-order chi connectivity index (χ1) is 16.0. The van der Waals surface area contributed by atoms with Crippen LogP contribution in [0.2, 0.25) is 0 Å². The van der Waals surface area contributed by atoms with Crippen LogP contribution in [0.1, 0.15) is 84.8 Å². The first kappa shape index (κ1) is 29.5. The summed E-state index contributed by atoms with van der Waals surface area (Å²) in [4.78, 5) is 4.65. The molecule has 1 rings (SSSR count). The highest BCUT2D eigenvalue weighted by Crippen LogP contribution is 2.33. The van der Waals surface area contributed by atoms with Gasteiger partial charge in [-0.05, 0) is 68.9 Å². The fourth-order valence-corrected chi connectivity index (χ4v) is 3.68. The molecule has 3 nitrogen and oxygen atoms in total. The number of phenols is 1. The molecule has 190 valence electrons. The summed E-state index contributed by atoms with van der Waals surface area (Å²) in [6.07, 6.45) is 8.58. The Labute approximate surface area is 203 Å². The van der Waals surface area contributed by atoms with E-state index in [2.05, 4.69) is 31.1 Å². The summed E-state index contributed by atoms with van der Waals surface area (Å²) in [5, 5.41) is 14.0. The maximum absolute atomic E-state index is 13.0. The zero-order valence-corrected chi connectivity index (χ0v) is 21.5. The highest BCUT2D eigenvalue weighted by molar-refractivity contribution is 6.14. The lowest BCUT2D eigenvalue weighted by atomic mass is 9.99. The van der Waals surface area contributed by atoms with Crippen LogP contribution in [-0.2, 0) is 6.18 Å². The number of aromatic hydroxyl groups is 1. The van der Waals surface area contributed by atoms with Crippen LogP contribution in [0.15, 0.2) is 58.8 Å². The van der Waals surface area contributed by atoms with E-state index in [9.17, 15) is 18.3 Å². The minimum Gasteiger partial charge on any atom is -0.507 e. The Morgan fingerprint density at radius 3 is 2.44 bits per heavy atom. The SMILES string of the molecule is CC/C=C\C=C(/C)C(=NC/C=C(\C)NC(CCCC)CC(C)C)c1ccc(C(F)(F)F)cc1O. The van der Waals surface area contributed by atoms with Gasteiger partial charge in [0.2, 0.25) is 0 Å². The second kappa shape index (κ2) is 14.7. The summed E-state index contributed by atoms with van der Waals surface area (Å²) in [6, 6.07) is 3.43. The van der Waals surface area contributed by atoms with Gasteiger partial charge < -0.3 is 10.4 Å². The van der Waals surface area contributed by atoms with Gasteiger partial charge in [-0.2, -0.15) is 13.2 Å². The maximum atomic E-state index is 13.0. The molecule has 0 spiro atoms. The molecule has 1 atom stereocenters. The molecule has 1 unspecified atom stereocenters. The number of benzene rings is 1. The van der Waals surface area contributed by atoms with Crippen molar-refractivity contribution in [1.29, 1.82) is 0 Å². The van der Waals surface area contributed by atoms with Crippen LogP contribution in [0.25, 0.3) is 0 Å². The first-order valence-corrected chi connectivity index (χ1v) is 12.2. The lowest BCUT2D eigenvalue weighted by molar-refractivity contribution is -0.137. The van der Waals surface area contributed by atoms with E-state index in [0.717, 1.165) is 49.1 Å². The largest absolute Gasteiger partial charge is 0.507 e. The zero-order chi connectivity index (χ0) is 25.7. The zero-order valence-electron chi connectivity index (χ0n) is 21.5. The molecule has 0 amide bonds. The van der Waals surface area contributed by atoms with Gasteiger partial charge in [0.25, 0.3) is 0 Å². The number of nitrogens with one attached hydrogen (secondary N) is 1. The molecule has 0 aliphatic rings. The van der Waals surface area contributed by atoms with Crippen molar-refractivity contribution in [3.05, 3.63) is 64.9 Å². The molecule has 0 saturated heterocycles. The molecule has 1 aromatic carbocycles. The second-order valence-corrected chi connectivity index (χ2v) is 9.11. The van der Waals surface area contributed by atoms with Crippen molar-refractivity contribution in [2.24, 2.45) is 10.9 Å².